The molecule has 0 amide bonds. The summed E-state index contributed by atoms with van der Waals surface area (Å²) in [6.45, 7) is 0. The lowest BCUT2D eigenvalue weighted by molar-refractivity contribution is -0.134. The number of esters is 1. The Morgan fingerprint density at radius 1 is 0.960 bits per heavy atom. The van der Waals surface area contributed by atoms with Gasteiger partial charge in [-0.3, -0.25) is 0 Å². The molecule has 0 heterocycles. The van der Waals surface area contributed by atoms with Crippen LogP contribution in [0, 0.1) is 11.8 Å². The molecule has 4 rings (SSSR count). The van der Waals surface area contributed by atoms with Crippen LogP contribution >= 0.6 is 0 Å². The van der Waals surface area contributed by atoms with Crippen LogP contribution in [0.15, 0.2) is 60.7 Å². The second-order valence-electron chi connectivity index (χ2n) is 7.28. The van der Waals surface area contributed by atoms with E-state index in [-0.39, 0.29) is 5.97 Å². The number of carbonyl (C=O) groups is 1. The molecule has 2 fully saturated rings. The molecule has 2 nitrogen and oxygen atoms in total. The minimum atomic E-state index is -0.303. The van der Waals surface area contributed by atoms with E-state index in [1.165, 1.54) is 43.6 Å². The van der Waals surface area contributed by atoms with Gasteiger partial charge < -0.3 is 4.74 Å². The Bertz CT molecular complexity index is 778. The van der Waals surface area contributed by atoms with Gasteiger partial charge in [0.25, 0.3) is 0 Å². The zero-order chi connectivity index (χ0) is 17.2. The van der Waals surface area contributed by atoms with E-state index in [4.69, 9.17) is 4.74 Å². The topological polar surface area (TPSA) is 26.3 Å². The molecule has 2 saturated carbocycles. The summed E-state index contributed by atoms with van der Waals surface area (Å²) in [4.78, 5) is 11.5. The second-order valence-corrected chi connectivity index (χ2v) is 7.28. The van der Waals surface area contributed by atoms with Crippen LogP contribution in [0.3, 0.4) is 0 Å². The molecule has 0 aromatic heterocycles. The third kappa shape index (κ3) is 3.02. The lowest BCUT2D eigenvalue weighted by atomic mass is 9.71. The highest BCUT2D eigenvalue weighted by Crippen LogP contribution is 2.61. The SMILES string of the molecule is COC(=O)/C=C/c1ccccc1[C@@H]1[C@H]2CC[C@H](C2)[C@H]1c1ccccc1. The highest BCUT2D eigenvalue weighted by molar-refractivity contribution is 5.87. The Morgan fingerprint density at radius 3 is 2.40 bits per heavy atom. The zero-order valence-corrected chi connectivity index (χ0v) is 14.6. The van der Waals surface area contributed by atoms with Crippen molar-refractivity contribution in [1.29, 1.82) is 0 Å². The van der Waals surface area contributed by atoms with Crippen LogP contribution in [0.4, 0.5) is 0 Å². The lowest BCUT2D eigenvalue weighted by Gasteiger charge is -2.33. The third-order valence-electron chi connectivity index (χ3n) is 6.06. The molecule has 0 N–H and O–H groups in total. The molecule has 25 heavy (non-hydrogen) atoms. The van der Waals surface area contributed by atoms with E-state index in [0.717, 1.165) is 17.4 Å². The molecule has 0 spiro atoms. The molecular formula is C23H24O2. The molecule has 2 aliphatic rings. The number of ether oxygens (including phenoxy) is 1. The van der Waals surface area contributed by atoms with E-state index in [1.54, 1.807) is 0 Å². The summed E-state index contributed by atoms with van der Waals surface area (Å²) >= 11 is 0. The zero-order valence-electron chi connectivity index (χ0n) is 14.6. The van der Waals surface area contributed by atoms with Crippen LogP contribution in [0.25, 0.3) is 6.08 Å². The van der Waals surface area contributed by atoms with Crippen molar-refractivity contribution >= 4 is 12.0 Å². The van der Waals surface area contributed by atoms with E-state index in [1.807, 2.05) is 12.1 Å². The third-order valence-corrected chi connectivity index (χ3v) is 6.06. The average Bonchev–Trinajstić information content (AvgIpc) is 3.28. The van der Waals surface area contributed by atoms with Crippen molar-refractivity contribution in [2.45, 2.75) is 31.1 Å². The Morgan fingerprint density at radius 2 is 1.64 bits per heavy atom. The minimum absolute atomic E-state index is 0.303. The Kier molecular flexibility index (Phi) is 4.44. The van der Waals surface area contributed by atoms with Gasteiger partial charge in [-0.25, -0.2) is 4.79 Å². The first kappa shape index (κ1) is 16.1. The number of fused-ring (bicyclic) bond motifs is 2. The summed E-state index contributed by atoms with van der Waals surface area (Å²) in [6.07, 6.45) is 7.45. The maximum atomic E-state index is 11.5. The number of rotatable bonds is 4. The van der Waals surface area contributed by atoms with Crippen molar-refractivity contribution in [3.8, 4) is 0 Å². The highest BCUT2D eigenvalue weighted by atomic mass is 16.5. The van der Waals surface area contributed by atoms with Crippen LogP contribution in [0.5, 0.6) is 0 Å². The van der Waals surface area contributed by atoms with Gasteiger partial charge in [0.1, 0.15) is 0 Å². The van der Waals surface area contributed by atoms with Gasteiger partial charge in [-0.15, -0.1) is 0 Å². The predicted molar refractivity (Wildman–Crippen MR) is 100 cm³/mol. The Balaban J connectivity index is 1.73. The van der Waals surface area contributed by atoms with Gasteiger partial charge >= 0.3 is 5.97 Å². The Labute approximate surface area is 149 Å². The molecule has 4 atom stereocenters. The molecule has 0 aliphatic heterocycles. The molecule has 2 aromatic carbocycles. The van der Waals surface area contributed by atoms with Gasteiger partial charge in [-0.1, -0.05) is 54.6 Å². The van der Waals surface area contributed by atoms with Crippen molar-refractivity contribution in [1.82, 2.24) is 0 Å². The van der Waals surface area contributed by atoms with E-state index in [9.17, 15) is 4.79 Å². The largest absolute Gasteiger partial charge is 0.466 e. The van der Waals surface area contributed by atoms with Crippen LogP contribution < -0.4 is 0 Å². The predicted octanol–water partition coefficient (Wildman–Crippen LogP) is 5.17. The molecule has 2 bridgehead atoms. The first-order valence-electron chi connectivity index (χ1n) is 9.18. The van der Waals surface area contributed by atoms with Crippen molar-refractivity contribution in [2.24, 2.45) is 11.8 Å². The fraction of sp³-hybridized carbons (Fsp3) is 0.348. The van der Waals surface area contributed by atoms with Gasteiger partial charge in [-0.05, 0) is 65.7 Å². The number of carbonyl (C=O) groups excluding carboxylic acids is 1. The van der Waals surface area contributed by atoms with Gasteiger partial charge in [0.15, 0.2) is 0 Å². The molecule has 0 unspecified atom stereocenters. The number of hydrogen-bond donors (Lipinski definition) is 0. The summed E-state index contributed by atoms with van der Waals surface area (Å²) in [5, 5.41) is 0. The molecule has 128 valence electrons. The van der Waals surface area contributed by atoms with Gasteiger partial charge in [-0.2, -0.15) is 0 Å². The maximum Gasteiger partial charge on any atom is 0.330 e. The van der Waals surface area contributed by atoms with E-state index >= 15 is 0 Å². The van der Waals surface area contributed by atoms with Crippen LogP contribution in [0.2, 0.25) is 0 Å². The van der Waals surface area contributed by atoms with E-state index < -0.39 is 0 Å². The molecule has 0 radical (unpaired) electrons. The number of methoxy groups -OCH3 is 1. The monoisotopic (exact) mass is 332 g/mol. The first-order valence-corrected chi connectivity index (χ1v) is 9.18. The average molecular weight is 332 g/mol. The van der Waals surface area contributed by atoms with Crippen molar-refractivity contribution in [2.75, 3.05) is 7.11 Å². The fourth-order valence-corrected chi connectivity index (χ4v) is 5.09. The second kappa shape index (κ2) is 6.87. The summed E-state index contributed by atoms with van der Waals surface area (Å²) in [7, 11) is 1.42. The summed E-state index contributed by atoms with van der Waals surface area (Å²) in [5.74, 6) is 2.37. The molecule has 0 saturated heterocycles. The molecular weight excluding hydrogens is 308 g/mol. The standard InChI is InChI=1S/C23H24O2/c1-25-21(24)14-13-16-7-5-6-10-20(16)23-19-12-11-18(15-19)22(23)17-8-3-2-4-9-17/h2-10,13-14,18-19,22-23H,11-12,15H2,1H3/b14-13+/t18-,19+,22-,23+/m1/s1. The Hall–Kier alpha value is -2.35. The van der Waals surface area contributed by atoms with Gasteiger partial charge in [0.05, 0.1) is 7.11 Å². The first-order chi connectivity index (χ1) is 12.3. The van der Waals surface area contributed by atoms with Crippen molar-refractivity contribution in [3.63, 3.8) is 0 Å². The number of benzene rings is 2. The number of hydrogen-bond acceptors (Lipinski definition) is 2. The highest BCUT2D eigenvalue weighted by Gasteiger charge is 2.48. The molecule has 2 aromatic rings. The van der Waals surface area contributed by atoms with Gasteiger partial charge in [0, 0.05) is 6.08 Å². The summed E-state index contributed by atoms with van der Waals surface area (Å²) in [6, 6.07) is 19.5. The van der Waals surface area contributed by atoms with Crippen molar-refractivity contribution in [3.05, 3.63) is 77.4 Å². The smallest absolute Gasteiger partial charge is 0.330 e. The van der Waals surface area contributed by atoms with Crippen LogP contribution in [0.1, 0.15) is 47.8 Å². The quantitative estimate of drug-likeness (QED) is 0.570. The van der Waals surface area contributed by atoms with Crippen LogP contribution in [-0.2, 0) is 9.53 Å². The van der Waals surface area contributed by atoms with Crippen molar-refractivity contribution < 1.29 is 9.53 Å². The molecule has 2 aliphatic carbocycles. The maximum absolute atomic E-state index is 11.5. The molecule has 2 heteroatoms. The fourth-order valence-electron chi connectivity index (χ4n) is 5.09. The van der Waals surface area contributed by atoms with E-state index in [0.29, 0.717) is 11.8 Å². The van der Waals surface area contributed by atoms with E-state index in [2.05, 4.69) is 48.5 Å². The van der Waals surface area contributed by atoms with Gasteiger partial charge in [0.2, 0.25) is 0 Å². The van der Waals surface area contributed by atoms with Crippen LogP contribution in [-0.4, -0.2) is 13.1 Å². The minimum Gasteiger partial charge on any atom is -0.466 e. The normalized spacial score (nSPS) is 27.7. The summed E-state index contributed by atoms with van der Waals surface area (Å²) < 4.78 is 4.75. The lowest BCUT2D eigenvalue weighted by Crippen LogP contribution is -2.19. The summed E-state index contributed by atoms with van der Waals surface area (Å²) in [5.41, 5.74) is 3.99.